The molecule has 4 rings (SSSR count). The van der Waals surface area contributed by atoms with E-state index in [4.69, 9.17) is 0 Å². The number of quaternary nitrogens is 1. The van der Waals surface area contributed by atoms with Crippen LogP contribution in [0, 0.1) is 0 Å². The molecule has 0 spiro atoms. The van der Waals surface area contributed by atoms with Crippen LogP contribution in [0.25, 0.3) is 5.76 Å². The Kier molecular flexibility index (Phi) is 7.34. The second-order valence-electron chi connectivity index (χ2n) is 9.15. The van der Waals surface area contributed by atoms with Gasteiger partial charge in [-0.2, -0.15) is 0 Å². The molecule has 2 aliphatic rings. The fourth-order valence-electron chi connectivity index (χ4n) is 4.73. The van der Waals surface area contributed by atoms with Crippen LogP contribution >= 0.6 is 0 Å². The van der Waals surface area contributed by atoms with Gasteiger partial charge in [0.1, 0.15) is 5.76 Å². The van der Waals surface area contributed by atoms with Crippen LogP contribution in [0.5, 0.6) is 0 Å². The monoisotopic (exact) mass is 499 g/mol. The lowest BCUT2D eigenvalue weighted by atomic mass is 9.96. The predicted molar refractivity (Wildman–Crippen MR) is 130 cm³/mol. The average Bonchev–Trinajstić information content (AvgIpc) is 3.13. The molecule has 1 amide bonds. The van der Waals surface area contributed by atoms with Crippen LogP contribution in [0.2, 0.25) is 0 Å². The molecule has 2 N–H and O–H groups in total. The van der Waals surface area contributed by atoms with Gasteiger partial charge in [0.15, 0.2) is 0 Å². The highest BCUT2D eigenvalue weighted by atomic mass is 32.2. The standard InChI is InChI=1S/C25H30N4O5S/c1-27(2)35(33,34)20-10-8-18(9-11-20)23(30)21-22(19-7-6-12-26-17-19)29(25(32)24(21)31)16-15-28-13-4-3-5-14-28/h6-12,17,22,30H,3-5,13-16H2,1-2H3/p+1. The summed E-state index contributed by atoms with van der Waals surface area (Å²) in [6, 6.07) is 8.38. The van der Waals surface area contributed by atoms with Crippen LogP contribution in [0.3, 0.4) is 0 Å². The summed E-state index contributed by atoms with van der Waals surface area (Å²) in [6.07, 6.45) is 6.73. The molecule has 0 radical (unpaired) electrons. The normalized spacial score (nSPS) is 21.1. The number of nitrogens with zero attached hydrogens (tertiary/aromatic N) is 3. The first-order valence-electron chi connectivity index (χ1n) is 11.8. The van der Waals surface area contributed by atoms with Crippen molar-refractivity contribution in [2.75, 3.05) is 40.3 Å². The number of piperidine rings is 1. The smallest absolute Gasteiger partial charge is 0.295 e. The summed E-state index contributed by atoms with van der Waals surface area (Å²) in [5, 5.41) is 11.2. The lowest BCUT2D eigenvalue weighted by Gasteiger charge is -2.29. The van der Waals surface area contributed by atoms with Gasteiger partial charge in [-0.15, -0.1) is 0 Å². The largest absolute Gasteiger partial charge is 0.507 e. The lowest BCUT2D eigenvalue weighted by molar-refractivity contribution is -0.904. The van der Waals surface area contributed by atoms with Crippen LogP contribution in [-0.4, -0.2) is 79.7 Å². The molecule has 0 aliphatic carbocycles. The Morgan fingerprint density at radius 3 is 2.40 bits per heavy atom. The molecule has 35 heavy (non-hydrogen) atoms. The van der Waals surface area contributed by atoms with Crippen LogP contribution in [0.4, 0.5) is 0 Å². The number of sulfonamides is 1. The number of rotatable bonds is 7. The number of benzene rings is 1. The number of aromatic nitrogens is 1. The van der Waals surface area contributed by atoms with E-state index in [-0.39, 0.29) is 21.8 Å². The summed E-state index contributed by atoms with van der Waals surface area (Å²) in [6.45, 7) is 3.20. The van der Waals surface area contributed by atoms with Gasteiger partial charge in [-0.05, 0) is 55.2 Å². The van der Waals surface area contributed by atoms with Gasteiger partial charge in [0.25, 0.3) is 11.7 Å². The molecule has 2 saturated heterocycles. The molecular formula is C25H31N4O5S+. The molecule has 2 aromatic rings. The molecule has 1 aromatic heterocycles. The zero-order valence-corrected chi connectivity index (χ0v) is 20.8. The second-order valence-corrected chi connectivity index (χ2v) is 11.3. The minimum Gasteiger partial charge on any atom is -0.507 e. The van der Waals surface area contributed by atoms with E-state index in [0.717, 1.165) is 36.8 Å². The zero-order chi connectivity index (χ0) is 25.2. The van der Waals surface area contributed by atoms with Crippen LogP contribution in [0.1, 0.15) is 36.4 Å². The van der Waals surface area contributed by atoms with Gasteiger partial charge in [0, 0.05) is 32.1 Å². The van der Waals surface area contributed by atoms with Gasteiger partial charge >= 0.3 is 0 Å². The summed E-state index contributed by atoms with van der Waals surface area (Å²) in [4.78, 5) is 33.4. The molecule has 2 fully saturated rings. The number of aliphatic hydroxyl groups is 1. The Labute approximate surface area is 205 Å². The molecule has 1 aromatic carbocycles. The van der Waals surface area contributed by atoms with Gasteiger partial charge in [0.05, 0.1) is 42.7 Å². The number of likely N-dealkylation sites (tertiary alicyclic amines) is 2. The first-order valence-corrected chi connectivity index (χ1v) is 13.2. The first kappa shape index (κ1) is 25.0. The molecule has 0 bridgehead atoms. The van der Waals surface area contributed by atoms with Crippen molar-refractivity contribution in [1.82, 2.24) is 14.2 Å². The Balaban J connectivity index is 1.71. The highest BCUT2D eigenvalue weighted by Crippen LogP contribution is 2.38. The number of carbonyl (C=O) groups excluding carboxylic acids is 2. The summed E-state index contributed by atoms with van der Waals surface area (Å²) in [7, 11) is -0.773. The van der Waals surface area contributed by atoms with E-state index in [0.29, 0.717) is 12.1 Å². The Hall–Kier alpha value is -3.08. The molecular weight excluding hydrogens is 468 g/mol. The van der Waals surface area contributed by atoms with Crippen molar-refractivity contribution in [3.8, 4) is 0 Å². The topological polar surface area (TPSA) is 112 Å². The number of aliphatic hydroxyl groups excluding tert-OH is 1. The summed E-state index contributed by atoms with van der Waals surface area (Å²) >= 11 is 0. The Morgan fingerprint density at radius 2 is 1.80 bits per heavy atom. The van der Waals surface area contributed by atoms with Crippen LogP contribution in [0.15, 0.2) is 59.3 Å². The maximum absolute atomic E-state index is 13.1. The number of amides is 1. The molecule has 1 atom stereocenters. The molecule has 2 aliphatic heterocycles. The number of Topliss-reactive ketones (excluding diaryl/α,β-unsaturated/α-hetero) is 1. The van der Waals surface area contributed by atoms with Crippen molar-refractivity contribution in [3.05, 3.63) is 65.5 Å². The first-order chi connectivity index (χ1) is 16.7. The molecule has 3 heterocycles. The van der Waals surface area contributed by atoms with E-state index in [1.165, 1.54) is 54.6 Å². The number of carbonyl (C=O) groups is 2. The van der Waals surface area contributed by atoms with E-state index >= 15 is 0 Å². The van der Waals surface area contributed by atoms with Crippen molar-refractivity contribution in [2.24, 2.45) is 0 Å². The Morgan fingerprint density at radius 1 is 1.11 bits per heavy atom. The fraction of sp³-hybridized carbons (Fsp3) is 0.400. The van der Waals surface area contributed by atoms with E-state index in [9.17, 15) is 23.1 Å². The SMILES string of the molecule is CN(C)S(=O)(=O)c1ccc(C(O)=C2C(=O)C(=O)N(CC[NH+]3CCCCC3)C2c2cccnc2)cc1. The molecule has 9 nitrogen and oxygen atoms in total. The van der Waals surface area contributed by atoms with Gasteiger partial charge < -0.3 is 14.9 Å². The number of hydrogen-bond donors (Lipinski definition) is 2. The van der Waals surface area contributed by atoms with E-state index in [1.807, 2.05) is 0 Å². The zero-order valence-electron chi connectivity index (χ0n) is 20.0. The predicted octanol–water partition coefficient (Wildman–Crippen LogP) is 0.822. The lowest BCUT2D eigenvalue weighted by Crippen LogP contribution is -3.13. The quantitative estimate of drug-likeness (QED) is 0.332. The second kappa shape index (κ2) is 10.3. The van der Waals surface area contributed by atoms with E-state index in [2.05, 4.69) is 4.98 Å². The van der Waals surface area contributed by atoms with Crippen molar-refractivity contribution in [3.63, 3.8) is 0 Å². The number of nitrogens with one attached hydrogen (secondary N) is 1. The van der Waals surface area contributed by atoms with Crippen LogP contribution < -0.4 is 4.90 Å². The van der Waals surface area contributed by atoms with Gasteiger partial charge in [-0.3, -0.25) is 14.6 Å². The summed E-state index contributed by atoms with van der Waals surface area (Å²) in [5.74, 6) is -1.74. The van der Waals surface area contributed by atoms with Crippen molar-refractivity contribution in [1.29, 1.82) is 0 Å². The number of hydrogen-bond acceptors (Lipinski definition) is 6. The number of ketones is 1. The minimum absolute atomic E-state index is 0.0140. The molecule has 1 unspecified atom stereocenters. The Bertz CT molecular complexity index is 1220. The van der Waals surface area contributed by atoms with Crippen molar-refractivity contribution < 1.29 is 28.0 Å². The summed E-state index contributed by atoms with van der Waals surface area (Å²) in [5.41, 5.74) is 0.879. The van der Waals surface area contributed by atoms with E-state index in [1.54, 1.807) is 24.5 Å². The maximum Gasteiger partial charge on any atom is 0.295 e. The highest BCUT2D eigenvalue weighted by Gasteiger charge is 2.46. The van der Waals surface area contributed by atoms with Gasteiger partial charge in [-0.25, -0.2) is 12.7 Å². The van der Waals surface area contributed by atoms with Crippen molar-refractivity contribution >= 4 is 27.5 Å². The van der Waals surface area contributed by atoms with Crippen LogP contribution in [-0.2, 0) is 19.6 Å². The maximum atomic E-state index is 13.1. The highest BCUT2D eigenvalue weighted by molar-refractivity contribution is 7.89. The third-order valence-electron chi connectivity index (χ3n) is 6.71. The molecule has 10 heteroatoms. The molecule has 186 valence electrons. The minimum atomic E-state index is -3.64. The fourth-order valence-corrected chi connectivity index (χ4v) is 5.63. The third-order valence-corrected chi connectivity index (χ3v) is 8.54. The third kappa shape index (κ3) is 5.00. The average molecular weight is 500 g/mol. The number of pyridine rings is 1. The van der Waals surface area contributed by atoms with Crippen molar-refractivity contribution in [2.45, 2.75) is 30.2 Å². The van der Waals surface area contributed by atoms with Gasteiger partial charge in [-0.1, -0.05) is 6.07 Å². The van der Waals surface area contributed by atoms with E-state index < -0.39 is 27.8 Å². The summed E-state index contributed by atoms with van der Waals surface area (Å²) < 4.78 is 25.9. The molecule has 0 saturated carbocycles. The van der Waals surface area contributed by atoms with Gasteiger partial charge in [0.2, 0.25) is 10.0 Å².